The van der Waals surface area contributed by atoms with Gasteiger partial charge in [-0.25, -0.2) is 0 Å². The maximum atomic E-state index is 9.61. The fourth-order valence-electron chi connectivity index (χ4n) is 3.01. The van der Waals surface area contributed by atoms with Crippen molar-refractivity contribution in [3.05, 3.63) is 35.9 Å². The van der Waals surface area contributed by atoms with Gasteiger partial charge in [-0.2, -0.15) is 0 Å². The summed E-state index contributed by atoms with van der Waals surface area (Å²) in [7, 11) is 2.19. The van der Waals surface area contributed by atoms with E-state index in [0.29, 0.717) is 12.0 Å². The lowest BCUT2D eigenvalue weighted by molar-refractivity contribution is 0.159. The van der Waals surface area contributed by atoms with Crippen LogP contribution in [0.4, 0.5) is 0 Å². The molecule has 1 aromatic rings. The van der Waals surface area contributed by atoms with Crippen LogP contribution in [-0.4, -0.2) is 42.8 Å². The molecule has 1 aliphatic heterocycles. The van der Waals surface area contributed by atoms with Crippen LogP contribution in [0.25, 0.3) is 0 Å². The van der Waals surface area contributed by atoms with E-state index in [9.17, 15) is 5.11 Å². The minimum Gasteiger partial charge on any atom is -0.394 e. The summed E-state index contributed by atoms with van der Waals surface area (Å²) < 4.78 is 0. The van der Waals surface area contributed by atoms with Crippen molar-refractivity contribution in [3.63, 3.8) is 0 Å². The van der Waals surface area contributed by atoms with E-state index in [1.807, 2.05) is 18.2 Å². The molecule has 3 atom stereocenters. The molecule has 0 aliphatic carbocycles. The highest BCUT2D eigenvalue weighted by atomic mass is 16.3. The highest BCUT2D eigenvalue weighted by Crippen LogP contribution is 2.21. The molecule has 0 saturated carbocycles. The van der Waals surface area contributed by atoms with Gasteiger partial charge in [0.05, 0.1) is 12.6 Å². The predicted octanol–water partition coefficient (Wildman–Crippen LogP) is 2.04. The van der Waals surface area contributed by atoms with Crippen molar-refractivity contribution in [2.45, 2.75) is 31.8 Å². The number of nitrogens with zero attached hydrogens (tertiary/aromatic N) is 1. The third-order valence-corrected chi connectivity index (χ3v) is 4.22. The largest absolute Gasteiger partial charge is 0.394 e. The minimum absolute atomic E-state index is 0.0448. The Morgan fingerprint density at radius 1 is 1.37 bits per heavy atom. The van der Waals surface area contributed by atoms with Crippen LogP contribution in [0.15, 0.2) is 30.3 Å². The normalized spacial score (nSPS) is 24.1. The van der Waals surface area contributed by atoms with Crippen molar-refractivity contribution in [3.8, 4) is 0 Å². The number of nitrogens with one attached hydrogen (secondary N) is 1. The lowest BCUT2D eigenvalue weighted by Gasteiger charge is -2.35. The minimum atomic E-state index is 0.0448. The maximum Gasteiger partial charge on any atom is 0.0626 e. The highest BCUT2D eigenvalue weighted by molar-refractivity contribution is 5.19. The Kier molecular flexibility index (Phi) is 5.37. The van der Waals surface area contributed by atoms with Crippen molar-refractivity contribution in [1.82, 2.24) is 10.2 Å². The van der Waals surface area contributed by atoms with Gasteiger partial charge in [-0.3, -0.25) is 0 Å². The van der Waals surface area contributed by atoms with Crippen LogP contribution in [0, 0.1) is 5.92 Å². The first-order valence-corrected chi connectivity index (χ1v) is 7.31. The predicted molar refractivity (Wildman–Crippen MR) is 79.1 cm³/mol. The molecule has 3 heteroatoms. The molecule has 0 aromatic heterocycles. The van der Waals surface area contributed by atoms with Crippen LogP contribution in [-0.2, 0) is 0 Å². The number of piperidine rings is 1. The smallest absolute Gasteiger partial charge is 0.0626 e. The summed E-state index contributed by atoms with van der Waals surface area (Å²) in [5.41, 5.74) is 1.17. The molecule has 106 valence electrons. The van der Waals surface area contributed by atoms with Crippen LogP contribution in [0.2, 0.25) is 0 Å². The molecular weight excluding hydrogens is 236 g/mol. The van der Waals surface area contributed by atoms with Crippen molar-refractivity contribution >= 4 is 0 Å². The molecule has 19 heavy (non-hydrogen) atoms. The number of hydrogen-bond acceptors (Lipinski definition) is 3. The zero-order valence-corrected chi connectivity index (χ0v) is 12.0. The van der Waals surface area contributed by atoms with Gasteiger partial charge in [-0.15, -0.1) is 0 Å². The summed E-state index contributed by atoms with van der Waals surface area (Å²) in [5, 5.41) is 13.2. The van der Waals surface area contributed by atoms with Gasteiger partial charge < -0.3 is 15.3 Å². The second kappa shape index (κ2) is 7.04. The van der Waals surface area contributed by atoms with Crippen LogP contribution < -0.4 is 5.32 Å². The van der Waals surface area contributed by atoms with E-state index >= 15 is 0 Å². The molecule has 2 N–H and O–H groups in total. The molecule has 1 aliphatic rings. The molecule has 2 rings (SSSR count). The Hall–Kier alpha value is -0.900. The average molecular weight is 262 g/mol. The molecule has 0 bridgehead atoms. The molecule has 2 unspecified atom stereocenters. The van der Waals surface area contributed by atoms with Crippen LogP contribution in [0.1, 0.15) is 31.4 Å². The monoisotopic (exact) mass is 262 g/mol. The standard InChI is InChI=1S/C16H26N2O/c1-13(15-9-6-10-18(2)11-15)17-16(12-19)14-7-4-3-5-8-14/h3-5,7-8,13,15-17,19H,6,9-12H2,1-2H3/t13?,15?,16-/m0/s1. The fraction of sp³-hybridized carbons (Fsp3) is 0.625. The first-order chi connectivity index (χ1) is 9.20. The first-order valence-electron chi connectivity index (χ1n) is 7.31. The fourth-order valence-corrected chi connectivity index (χ4v) is 3.01. The second-order valence-electron chi connectivity index (χ2n) is 5.77. The van der Waals surface area contributed by atoms with E-state index in [2.05, 4.69) is 36.3 Å². The van der Waals surface area contributed by atoms with E-state index in [-0.39, 0.29) is 12.6 Å². The molecule has 1 fully saturated rings. The van der Waals surface area contributed by atoms with E-state index in [0.717, 1.165) is 6.54 Å². The first kappa shape index (κ1) is 14.5. The van der Waals surface area contributed by atoms with Crippen molar-refractivity contribution in [2.75, 3.05) is 26.7 Å². The number of aliphatic hydroxyl groups excluding tert-OH is 1. The summed E-state index contributed by atoms with van der Waals surface area (Å²) in [4.78, 5) is 2.41. The Morgan fingerprint density at radius 3 is 2.74 bits per heavy atom. The number of likely N-dealkylation sites (tertiary alicyclic amines) is 1. The SMILES string of the molecule is CC(N[C@@H](CO)c1ccccc1)C1CCCN(C)C1. The molecule has 1 saturated heterocycles. The summed E-state index contributed by atoms with van der Waals surface area (Å²) >= 11 is 0. The summed E-state index contributed by atoms with van der Waals surface area (Å²) in [6.45, 7) is 4.76. The number of aliphatic hydroxyl groups is 1. The van der Waals surface area contributed by atoms with Crippen molar-refractivity contribution < 1.29 is 5.11 Å². The summed E-state index contributed by atoms with van der Waals surface area (Å²) in [5.74, 6) is 0.677. The molecule has 1 heterocycles. The molecule has 0 spiro atoms. The van der Waals surface area contributed by atoms with Crippen LogP contribution >= 0.6 is 0 Å². The van der Waals surface area contributed by atoms with Gasteiger partial charge in [-0.1, -0.05) is 30.3 Å². The summed E-state index contributed by atoms with van der Waals surface area (Å²) in [6.07, 6.45) is 2.56. The van der Waals surface area contributed by atoms with Gasteiger partial charge in [-0.05, 0) is 44.8 Å². The zero-order valence-electron chi connectivity index (χ0n) is 12.0. The van der Waals surface area contributed by atoms with E-state index < -0.39 is 0 Å². The van der Waals surface area contributed by atoms with Crippen molar-refractivity contribution in [2.24, 2.45) is 5.92 Å². The van der Waals surface area contributed by atoms with Gasteiger partial charge in [0.15, 0.2) is 0 Å². The lowest BCUT2D eigenvalue weighted by atomic mass is 9.91. The number of benzene rings is 1. The van der Waals surface area contributed by atoms with Crippen LogP contribution in [0.3, 0.4) is 0 Å². The van der Waals surface area contributed by atoms with Gasteiger partial charge in [0.2, 0.25) is 0 Å². The molecular formula is C16H26N2O. The molecule has 3 nitrogen and oxygen atoms in total. The summed E-state index contributed by atoms with van der Waals surface area (Å²) in [6, 6.07) is 10.7. The van der Waals surface area contributed by atoms with Crippen LogP contribution in [0.5, 0.6) is 0 Å². The van der Waals surface area contributed by atoms with Crippen molar-refractivity contribution in [1.29, 1.82) is 0 Å². The number of rotatable bonds is 5. The lowest BCUT2D eigenvalue weighted by Crippen LogP contribution is -2.44. The second-order valence-corrected chi connectivity index (χ2v) is 5.77. The van der Waals surface area contributed by atoms with Gasteiger partial charge in [0, 0.05) is 12.6 Å². The van der Waals surface area contributed by atoms with Gasteiger partial charge >= 0.3 is 0 Å². The van der Waals surface area contributed by atoms with Gasteiger partial charge in [0.25, 0.3) is 0 Å². The Morgan fingerprint density at radius 2 is 2.11 bits per heavy atom. The van der Waals surface area contributed by atoms with E-state index in [1.54, 1.807) is 0 Å². The highest BCUT2D eigenvalue weighted by Gasteiger charge is 2.24. The Balaban J connectivity index is 1.94. The quantitative estimate of drug-likeness (QED) is 0.852. The Labute approximate surface area is 116 Å². The molecule has 0 amide bonds. The number of hydrogen-bond donors (Lipinski definition) is 2. The average Bonchev–Trinajstić information content (AvgIpc) is 2.45. The molecule has 0 radical (unpaired) electrons. The topological polar surface area (TPSA) is 35.5 Å². The zero-order chi connectivity index (χ0) is 13.7. The van der Waals surface area contributed by atoms with E-state index in [4.69, 9.17) is 0 Å². The van der Waals surface area contributed by atoms with E-state index in [1.165, 1.54) is 24.9 Å². The third-order valence-electron chi connectivity index (χ3n) is 4.22. The third kappa shape index (κ3) is 4.03. The van der Waals surface area contributed by atoms with Gasteiger partial charge in [0.1, 0.15) is 0 Å². The molecule has 1 aromatic carbocycles. The Bertz CT molecular complexity index is 368. The maximum absolute atomic E-state index is 9.61.